The van der Waals surface area contributed by atoms with E-state index >= 15 is 0 Å². The molecule has 2 N–H and O–H groups in total. The third kappa shape index (κ3) is 3.42. The van der Waals surface area contributed by atoms with Crippen molar-refractivity contribution in [1.29, 1.82) is 0 Å². The van der Waals surface area contributed by atoms with Crippen molar-refractivity contribution in [3.05, 3.63) is 23.9 Å². The van der Waals surface area contributed by atoms with Gasteiger partial charge in [0.05, 0.1) is 0 Å². The molecule has 1 heterocycles. The first-order valence-electron chi connectivity index (χ1n) is 4.52. The van der Waals surface area contributed by atoms with Crippen LogP contribution in [0.25, 0.3) is 0 Å². The fourth-order valence-corrected chi connectivity index (χ4v) is 1.07. The minimum absolute atomic E-state index is 0.208. The van der Waals surface area contributed by atoms with E-state index in [0.29, 0.717) is 0 Å². The highest BCUT2D eigenvalue weighted by Crippen LogP contribution is 2.06. The Labute approximate surface area is 78.8 Å². The number of hydrogen-bond donors (Lipinski definition) is 2. The number of aliphatic hydroxyl groups is 1. The van der Waals surface area contributed by atoms with Crippen molar-refractivity contribution in [2.45, 2.75) is 26.3 Å². The smallest absolute Gasteiger partial charge is 0.126 e. The first kappa shape index (κ1) is 9.99. The molecule has 0 saturated heterocycles. The molecule has 72 valence electrons. The highest BCUT2D eigenvalue weighted by molar-refractivity contribution is 5.35. The molecule has 0 aliphatic rings. The zero-order chi connectivity index (χ0) is 9.68. The molecule has 13 heavy (non-hydrogen) atoms. The number of pyridine rings is 1. The van der Waals surface area contributed by atoms with Crippen molar-refractivity contribution in [3.63, 3.8) is 0 Å². The number of nitrogens with zero attached hydrogens (tertiary/aromatic N) is 1. The minimum Gasteiger partial charge on any atom is -0.396 e. The lowest BCUT2D eigenvalue weighted by Gasteiger charge is -2.12. The molecule has 1 aromatic heterocycles. The third-order valence-corrected chi connectivity index (χ3v) is 1.87. The molecular formula is C10H16N2O. The van der Waals surface area contributed by atoms with Gasteiger partial charge in [-0.25, -0.2) is 4.98 Å². The summed E-state index contributed by atoms with van der Waals surface area (Å²) in [5.41, 5.74) is 1.15. The fraction of sp³-hybridized carbons (Fsp3) is 0.500. The Kier molecular flexibility index (Phi) is 3.71. The molecule has 0 radical (unpaired) electrons. The summed E-state index contributed by atoms with van der Waals surface area (Å²) >= 11 is 0. The van der Waals surface area contributed by atoms with E-state index in [2.05, 4.69) is 10.3 Å². The van der Waals surface area contributed by atoms with Crippen LogP contribution in [-0.2, 0) is 0 Å². The molecule has 1 atom stereocenters. The number of aromatic nitrogens is 1. The van der Waals surface area contributed by atoms with Gasteiger partial charge in [0.15, 0.2) is 0 Å². The van der Waals surface area contributed by atoms with Gasteiger partial charge in [-0.2, -0.15) is 0 Å². The maximum absolute atomic E-state index is 8.70. The fourth-order valence-electron chi connectivity index (χ4n) is 1.07. The van der Waals surface area contributed by atoms with Crippen molar-refractivity contribution in [2.24, 2.45) is 0 Å². The Hall–Kier alpha value is -1.09. The number of rotatable bonds is 4. The molecule has 3 nitrogen and oxygen atoms in total. The van der Waals surface area contributed by atoms with Crippen LogP contribution in [-0.4, -0.2) is 22.7 Å². The Morgan fingerprint density at radius 2 is 2.31 bits per heavy atom. The van der Waals surface area contributed by atoms with E-state index in [-0.39, 0.29) is 12.6 Å². The van der Waals surface area contributed by atoms with Crippen LogP contribution in [0.15, 0.2) is 18.3 Å². The van der Waals surface area contributed by atoms with Gasteiger partial charge in [0.25, 0.3) is 0 Å². The standard InChI is InChI=1S/C10H16N2O/c1-8-3-4-10(11-7-8)12-9(2)5-6-13/h3-4,7,9,13H,5-6H2,1-2H3,(H,11,12)/t9-/m1/s1. The molecule has 0 bridgehead atoms. The van der Waals surface area contributed by atoms with Crippen LogP contribution >= 0.6 is 0 Å². The number of hydrogen-bond acceptors (Lipinski definition) is 3. The SMILES string of the molecule is Cc1ccc(N[C@H](C)CCO)nc1. The molecule has 1 aromatic rings. The number of anilines is 1. The quantitative estimate of drug-likeness (QED) is 0.739. The predicted octanol–water partition coefficient (Wildman–Crippen LogP) is 1.57. The molecule has 0 aliphatic carbocycles. The summed E-state index contributed by atoms with van der Waals surface area (Å²) in [7, 11) is 0. The van der Waals surface area contributed by atoms with Crippen LogP contribution in [0.5, 0.6) is 0 Å². The molecule has 0 saturated carbocycles. The Balaban J connectivity index is 2.49. The second kappa shape index (κ2) is 4.82. The van der Waals surface area contributed by atoms with E-state index in [1.54, 1.807) is 0 Å². The molecule has 0 aliphatic heterocycles. The minimum atomic E-state index is 0.208. The van der Waals surface area contributed by atoms with E-state index in [4.69, 9.17) is 5.11 Å². The van der Waals surface area contributed by atoms with Gasteiger partial charge in [0.1, 0.15) is 5.82 Å². The van der Waals surface area contributed by atoms with Gasteiger partial charge in [-0.05, 0) is 31.9 Å². The molecule has 0 unspecified atom stereocenters. The Bertz CT molecular complexity index is 246. The van der Waals surface area contributed by atoms with E-state index in [1.165, 1.54) is 0 Å². The summed E-state index contributed by atoms with van der Waals surface area (Å²) in [6, 6.07) is 4.23. The molecule has 0 amide bonds. The second-order valence-corrected chi connectivity index (χ2v) is 3.28. The van der Waals surface area contributed by atoms with Crippen LogP contribution in [0.1, 0.15) is 18.9 Å². The highest BCUT2D eigenvalue weighted by Gasteiger charge is 2.00. The van der Waals surface area contributed by atoms with Gasteiger partial charge in [0, 0.05) is 18.8 Å². The van der Waals surface area contributed by atoms with Crippen LogP contribution < -0.4 is 5.32 Å². The lowest BCUT2D eigenvalue weighted by molar-refractivity contribution is 0.282. The third-order valence-electron chi connectivity index (χ3n) is 1.87. The summed E-state index contributed by atoms with van der Waals surface area (Å²) < 4.78 is 0. The summed E-state index contributed by atoms with van der Waals surface area (Å²) in [6.45, 7) is 4.24. The van der Waals surface area contributed by atoms with E-state index in [0.717, 1.165) is 17.8 Å². The number of aliphatic hydroxyl groups excluding tert-OH is 1. The Morgan fingerprint density at radius 3 is 2.85 bits per heavy atom. The van der Waals surface area contributed by atoms with Crippen LogP contribution in [0.4, 0.5) is 5.82 Å². The van der Waals surface area contributed by atoms with Gasteiger partial charge < -0.3 is 10.4 Å². The van der Waals surface area contributed by atoms with Gasteiger partial charge in [-0.15, -0.1) is 0 Å². The molecule has 3 heteroatoms. The van der Waals surface area contributed by atoms with E-state index < -0.39 is 0 Å². The van der Waals surface area contributed by atoms with Crippen molar-refractivity contribution in [3.8, 4) is 0 Å². The van der Waals surface area contributed by atoms with Crippen molar-refractivity contribution < 1.29 is 5.11 Å². The summed E-state index contributed by atoms with van der Waals surface area (Å²) in [5, 5.41) is 11.9. The lowest BCUT2D eigenvalue weighted by atomic mass is 10.2. The average molecular weight is 180 g/mol. The van der Waals surface area contributed by atoms with Gasteiger partial charge in [-0.1, -0.05) is 6.07 Å². The van der Waals surface area contributed by atoms with E-state index in [9.17, 15) is 0 Å². The van der Waals surface area contributed by atoms with Crippen molar-refractivity contribution in [1.82, 2.24) is 4.98 Å². The van der Waals surface area contributed by atoms with Crippen molar-refractivity contribution >= 4 is 5.82 Å². The molecular weight excluding hydrogens is 164 g/mol. The Morgan fingerprint density at radius 1 is 1.54 bits per heavy atom. The zero-order valence-electron chi connectivity index (χ0n) is 8.12. The summed E-state index contributed by atoms with van der Waals surface area (Å²) in [6.07, 6.45) is 2.57. The summed E-state index contributed by atoms with van der Waals surface area (Å²) in [4.78, 5) is 4.21. The molecule has 0 aromatic carbocycles. The maximum Gasteiger partial charge on any atom is 0.126 e. The topological polar surface area (TPSA) is 45.1 Å². The lowest BCUT2D eigenvalue weighted by Crippen LogP contribution is -2.17. The number of nitrogens with one attached hydrogen (secondary N) is 1. The van der Waals surface area contributed by atoms with Gasteiger partial charge in [-0.3, -0.25) is 0 Å². The van der Waals surface area contributed by atoms with Gasteiger partial charge >= 0.3 is 0 Å². The average Bonchev–Trinajstić information content (AvgIpc) is 2.09. The zero-order valence-corrected chi connectivity index (χ0v) is 8.12. The predicted molar refractivity (Wildman–Crippen MR) is 53.8 cm³/mol. The van der Waals surface area contributed by atoms with Crippen LogP contribution in [0.2, 0.25) is 0 Å². The monoisotopic (exact) mass is 180 g/mol. The first-order chi connectivity index (χ1) is 6.22. The largest absolute Gasteiger partial charge is 0.396 e. The second-order valence-electron chi connectivity index (χ2n) is 3.28. The van der Waals surface area contributed by atoms with Crippen molar-refractivity contribution in [2.75, 3.05) is 11.9 Å². The maximum atomic E-state index is 8.70. The molecule has 0 spiro atoms. The summed E-state index contributed by atoms with van der Waals surface area (Å²) in [5.74, 6) is 0.867. The van der Waals surface area contributed by atoms with Crippen LogP contribution in [0, 0.1) is 6.92 Å². The number of aryl methyl sites for hydroxylation is 1. The normalized spacial score (nSPS) is 12.5. The molecule has 1 rings (SSSR count). The molecule has 0 fully saturated rings. The van der Waals surface area contributed by atoms with Gasteiger partial charge in [0.2, 0.25) is 0 Å². The van der Waals surface area contributed by atoms with E-state index in [1.807, 2.05) is 32.2 Å². The first-order valence-corrected chi connectivity index (χ1v) is 4.52. The van der Waals surface area contributed by atoms with Crippen LogP contribution in [0.3, 0.4) is 0 Å². The highest BCUT2D eigenvalue weighted by atomic mass is 16.3.